The fraction of sp³-hybridized carbons (Fsp3) is 0.471. The van der Waals surface area contributed by atoms with Gasteiger partial charge in [0.05, 0.1) is 18.6 Å². The van der Waals surface area contributed by atoms with Crippen molar-refractivity contribution >= 4 is 27.7 Å². The molecule has 0 unspecified atom stereocenters. The summed E-state index contributed by atoms with van der Waals surface area (Å²) in [5.74, 6) is 1.56. The predicted octanol–water partition coefficient (Wildman–Crippen LogP) is 1.35. The van der Waals surface area contributed by atoms with Gasteiger partial charge in [0, 0.05) is 18.8 Å². The molecule has 2 aromatic rings. The lowest BCUT2D eigenvalue weighted by atomic mass is 10.2. The molecule has 9 nitrogen and oxygen atoms in total. The summed E-state index contributed by atoms with van der Waals surface area (Å²) in [6.45, 7) is 5.61. The highest BCUT2D eigenvalue weighted by atomic mass is 32.2. The molecule has 0 aliphatic rings. The maximum Gasteiger partial charge on any atom is 0.243 e. The molecule has 0 aliphatic heterocycles. The minimum atomic E-state index is -3.78. The first-order chi connectivity index (χ1) is 13.3. The lowest BCUT2D eigenvalue weighted by Gasteiger charge is -2.20. The van der Waals surface area contributed by atoms with Crippen molar-refractivity contribution in [3.05, 3.63) is 29.6 Å². The molecule has 1 aromatic carbocycles. The van der Waals surface area contributed by atoms with Crippen LogP contribution in [0.15, 0.2) is 28.3 Å². The zero-order chi connectivity index (χ0) is 20.7. The summed E-state index contributed by atoms with van der Waals surface area (Å²) in [6.07, 6.45) is 0. The largest absolute Gasteiger partial charge is 0.496 e. The number of rotatable bonds is 10. The van der Waals surface area contributed by atoms with Crippen LogP contribution < -0.4 is 10.1 Å². The Kier molecular flexibility index (Phi) is 7.84. The van der Waals surface area contributed by atoms with Gasteiger partial charge in [-0.3, -0.25) is 9.89 Å². The van der Waals surface area contributed by atoms with Crippen molar-refractivity contribution < 1.29 is 17.9 Å². The van der Waals surface area contributed by atoms with E-state index in [1.165, 1.54) is 24.9 Å². The molecule has 0 spiro atoms. The van der Waals surface area contributed by atoms with Crippen LogP contribution in [0, 0.1) is 13.8 Å². The summed E-state index contributed by atoms with van der Waals surface area (Å²) in [7, 11) is -2.25. The number of ether oxygens (including phenoxy) is 1. The Morgan fingerprint density at radius 2 is 2.11 bits per heavy atom. The summed E-state index contributed by atoms with van der Waals surface area (Å²) < 4.78 is 32.0. The van der Waals surface area contributed by atoms with E-state index in [1.807, 2.05) is 6.92 Å². The SMILES string of the molecule is CCN(CC(=O)NCCSc1n[nH]c(C)n1)S(=O)(=O)c1ccc(OC)c(C)c1. The number of likely N-dealkylation sites (N-methyl/N-ethyl adjacent to an activating group) is 1. The molecular weight excluding hydrogens is 402 g/mol. The van der Waals surface area contributed by atoms with Crippen molar-refractivity contribution in [2.45, 2.75) is 30.8 Å². The second-order valence-electron chi connectivity index (χ2n) is 5.96. The smallest absolute Gasteiger partial charge is 0.243 e. The van der Waals surface area contributed by atoms with Gasteiger partial charge in [0.1, 0.15) is 11.6 Å². The fourth-order valence-corrected chi connectivity index (χ4v) is 4.65. The van der Waals surface area contributed by atoms with Crippen LogP contribution in [0.5, 0.6) is 5.75 Å². The van der Waals surface area contributed by atoms with Crippen LogP contribution in [-0.4, -0.2) is 66.3 Å². The van der Waals surface area contributed by atoms with Crippen LogP contribution in [0.25, 0.3) is 0 Å². The lowest BCUT2D eigenvalue weighted by Crippen LogP contribution is -2.41. The number of nitrogens with one attached hydrogen (secondary N) is 2. The Morgan fingerprint density at radius 3 is 2.68 bits per heavy atom. The number of hydrogen-bond donors (Lipinski definition) is 2. The number of carbonyl (C=O) groups is 1. The van der Waals surface area contributed by atoms with Gasteiger partial charge in [0.15, 0.2) is 0 Å². The minimum absolute atomic E-state index is 0.135. The van der Waals surface area contributed by atoms with Gasteiger partial charge >= 0.3 is 0 Å². The van der Waals surface area contributed by atoms with Gasteiger partial charge in [-0.25, -0.2) is 13.4 Å². The normalized spacial score (nSPS) is 11.6. The van der Waals surface area contributed by atoms with Gasteiger partial charge in [-0.15, -0.1) is 5.10 Å². The Labute approximate surface area is 169 Å². The zero-order valence-electron chi connectivity index (χ0n) is 16.4. The number of aryl methyl sites for hydroxylation is 2. The van der Waals surface area contributed by atoms with Crippen molar-refractivity contribution in [2.24, 2.45) is 0 Å². The van der Waals surface area contributed by atoms with E-state index >= 15 is 0 Å². The molecule has 0 saturated carbocycles. The summed E-state index contributed by atoms with van der Waals surface area (Å²) in [5.41, 5.74) is 0.711. The van der Waals surface area contributed by atoms with Gasteiger partial charge in [-0.1, -0.05) is 18.7 Å². The molecule has 2 rings (SSSR count). The average Bonchev–Trinajstić information content (AvgIpc) is 3.08. The first-order valence-corrected chi connectivity index (χ1v) is 11.1. The van der Waals surface area contributed by atoms with Crippen molar-refractivity contribution in [2.75, 3.05) is 32.5 Å². The quantitative estimate of drug-likeness (QED) is 0.434. The Bertz CT molecular complexity index is 914. The molecular formula is C17H25N5O4S2. The number of thioether (sulfide) groups is 1. The van der Waals surface area contributed by atoms with Crippen LogP contribution >= 0.6 is 11.8 Å². The number of nitrogens with zero attached hydrogens (tertiary/aromatic N) is 3. The van der Waals surface area contributed by atoms with E-state index in [4.69, 9.17) is 4.74 Å². The number of methoxy groups -OCH3 is 1. The van der Waals surface area contributed by atoms with Gasteiger partial charge in [-0.2, -0.15) is 4.31 Å². The highest BCUT2D eigenvalue weighted by Gasteiger charge is 2.25. The molecule has 28 heavy (non-hydrogen) atoms. The first kappa shape index (κ1) is 22.2. The van der Waals surface area contributed by atoms with Crippen LogP contribution in [0.2, 0.25) is 0 Å². The molecule has 0 bridgehead atoms. The van der Waals surface area contributed by atoms with Gasteiger partial charge in [-0.05, 0) is 37.6 Å². The monoisotopic (exact) mass is 427 g/mol. The Balaban J connectivity index is 1.92. The van der Waals surface area contributed by atoms with Gasteiger partial charge in [0.25, 0.3) is 0 Å². The summed E-state index contributed by atoms with van der Waals surface area (Å²) in [6, 6.07) is 4.64. The standard InChI is InChI=1S/C17H25N5O4S2/c1-5-22(28(24,25)14-6-7-15(26-4)12(2)10-14)11-16(23)18-8-9-27-17-19-13(3)20-21-17/h6-7,10H,5,8-9,11H2,1-4H3,(H,18,23)(H,19,20,21). The summed E-state index contributed by atoms with van der Waals surface area (Å²) in [4.78, 5) is 16.5. The molecule has 2 N–H and O–H groups in total. The van der Waals surface area contributed by atoms with Crippen molar-refractivity contribution in [3.63, 3.8) is 0 Å². The Hall–Kier alpha value is -2.11. The van der Waals surface area contributed by atoms with E-state index in [2.05, 4.69) is 20.5 Å². The molecule has 0 fully saturated rings. The van der Waals surface area contributed by atoms with E-state index in [1.54, 1.807) is 26.0 Å². The zero-order valence-corrected chi connectivity index (χ0v) is 18.0. The van der Waals surface area contributed by atoms with E-state index in [0.29, 0.717) is 28.8 Å². The molecule has 154 valence electrons. The van der Waals surface area contributed by atoms with Crippen molar-refractivity contribution in [3.8, 4) is 5.75 Å². The predicted molar refractivity (Wildman–Crippen MR) is 107 cm³/mol. The molecule has 0 radical (unpaired) electrons. The summed E-state index contributed by atoms with van der Waals surface area (Å²) in [5, 5.41) is 10.1. The average molecular weight is 428 g/mol. The number of H-pyrrole nitrogens is 1. The lowest BCUT2D eigenvalue weighted by molar-refractivity contribution is -0.121. The number of aromatic nitrogens is 3. The molecule has 11 heteroatoms. The fourth-order valence-electron chi connectivity index (χ4n) is 2.46. The van der Waals surface area contributed by atoms with E-state index in [0.717, 1.165) is 10.1 Å². The first-order valence-electron chi connectivity index (χ1n) is 8.71. The molecule has 0 atom stereocenters. The third kappa shape index (κ3) is 5.69. The van der Waals surface area contributed by atoms with Crippen LogP contribution in [0.4, 0.5) is 0 Å². The number of aromatic amines is 1. The third-order valence-electron chi connectivity index (χ3n) is 3.91. The van der Waals surface area contributed by atoms with Crippen LogP contribution in [-0.2, 0) is 14.8 Å². The summed E-state index contributed by atoms with van der Waals surface area (Å²) >= 11 is 1.40. The van der Waals surface area contributed by atoms with Gasteiger partial charge < -0.3 is 10.1 Å². The maximum atomic E-state index is 12.8. The molecule has 1 heterocycles. The third-order valence-corrected chi connectivity index (χ3v) is 6.67. The highest BCUT2D eigenvalue weighted by Crippen LogP contribution is 2.23. The number of sulfonamides is 1. The van der Waals surface area contributed by atoms with Crippen LogP contribution in [0.3, 0.4) is 0 Å². The topological polar surface area (TPSA) is 117 Å². The van der Waals surface area contributed by atoms with E-state index < -0.39 is 10.0 Å². The van der Waals surface area contributed by atoms with Gasteiger partial charge in [0.2, 0.25) is 21.1 Å². The molecule has 0 aliphatic carbocycles. The molecule has 1 amide bonds. The van der Waals surface area contributed by atoms with Crippen molar-refractivity contribution in [1.82, 2.24) is 24.8 Å². The second kappa shape index (κ2) is 9.89. The number of carbonyl (C=O) groups excluding carboxylic acids is 1. The Morgan fingerprint density at radius 1 is 1.36 bits per heavy atom. The number of hydrogen-bond acceptors (Lipinski definition) is 7. The van der Waals surface area contributed by atoms with Crippen LogP contribution in [0.1, 0.15) is 18.3 Å². The number of benzene rings is 1. The highest BCUT2D eigenvalue weighted by molar-refractivity contribution is 7.99. The van der Waals surface area contributed by atoms with E-state index in [-0.39, 0.29) is 23.9 Å². The maximum absolute atomic E-state index is 12.8. The molecule has 1 aromatic heterocycles. The number of amides is 1. The minimum Gasteiger partial charge on any atom is -0.496 e. The van der Waals surface area contributed by atoms with E-state index in [9.17, 15) is 13.2 Å². The second-order valence-corrected chi connectivity index (χ2v) is 8.96. The molecule has 0 saturated heterocycles. The van der Waals surface area contributed by atoms with Crippen molar-refractivity contribution in [1.29, 1.82) is 0 Å².